The monoisotopic (exact) mass is 276 g/mol. The zero-order valence-corrected chi connectivity index (χ0v) is 12.1. The number of para-hydroxylation sites is 1. The van der Waals surface area contributed by atoms with Gasteiger partial charge in [0.2, 0.25) is 5.91 Å². The normalized spacial score (nSPS) is 18.4. The van der Waals surface area contributed by atoms with Crippen LogP contribution in [0, 0.1) is 0 Å². The summed E-state index contributed by atoms with van der Waals surface area (Å²) in [4.78, 5) is 26.2. The van der Waals surface area contributed by atoms with E-state index in [1.54, 1.807) is 19.2 Å². The number of nitrogens with zero attached hydrogens (tertiary/aromatic N) is 1. The van der Waals surface area contributed by atoms with Crippen LogP contribution < -0.4 is 10.1 Å². The van der Waals surface area contributed by atoms with E-state index in [-0.39, 0.29) is 18.2 Å². The first kappa shape index (κ1) is 14.5. The summed E-state index contributed by atoms with van der Waals surface area (Å²) in [7, 11) is 1.55. The predicted octanol–water partition coefficient (Wildman–Crippen LogP) is 1.09. The van der Waals surface area contributed by atoms with E-state index in [1.165, 1.54) is 0 Å². The lowest BCUT2D eigenvalue weighted by atomic mass is 9.97. The molecule has 1 N–H and O–H groups in total. The first-order chi connectivity index (χ1) is 9.46. The molecule has 1 fully saturated rings. The van der Waals surface area contributed by atoms with Crippen LogP contribution >= 0.6 is 0 Å². The number of rotatable bonds is 4. The van der Waals surface area contributed by atoms with Crippen LogP contribution in [0.1, 0.15) is 24.2 Å². The van der Waals surface area contributed by atoms with Crippen molar-refractivity contribution in [2.45, 2.75) is 19.4 Å². The highest BCUT2D eigenvalue weighted by molar-refractivity contribution is 6.00. The number of ether oxygens (including phenoxy) is 1. The molecular formula is C15H20N2O3. The number of carbonyl (C=O) groups is 2. The molecule has 5 heteroatoms. The molecule has 0 spiro atoms. The van der Waals surface area contributed by atoms with E-state index >= 15 is 0 Å². The second-order valence-corrected chi connectivity index (χ2v) is 5.36. The predicted molar refractivity (Wildman–Crippen MR) is 76.0 cm³/mol. The Balaban J connectivity index is 2.17. The molecule has 5 nitrogen and oxygen atoms in total. The van der Waals surface area contributed by atoms with Gasteiger partial charge in [-0.1, -0.05) is 12.1 Å². The molecule has 1 heterocycles. The van der Waals surface area contributed by atoms with Crippen LogP contribution in [0.4, 0.5) is 0 Å². The number of piperazine rings is 1. The third-order valence-electron chi connectivity index (χ3n) is 3.76. The summed E-state index contributed by atoms with van der Waals surface area (Å²) in [6.07, 6.45) is 0. The lowest BCUT2D eigenvalue weighted by Gasteiger charge is -2.40. The van der Waals surface area contributed by atoms with E-state index in [1.807, 2.05) is 30.9 Å². The van der Waals surface area contributed by atoms with Crippen molar-refractivity contribution in [3.05, 3.63) is 29.8 Å². The Labute approximate surface area is 118 Å². The summed E-state index contributed by atoms with van der Waals surface area (Å²) in [5, 5.41) is 2.82. The lowest BCUT2D eigenvalue weighted by Crippen LogP contribution is -2.62. The molecule has 1 aliphatic heterocycles. The fourth-order valence-electron chi connectivity index (χ4n) is 2.35. The van der Waals surface area contributed by atoms with Gasteiger partial charge < -0.3 is 10.1 Å². The molecule has 108 valence electrons. The molecule has 1 aliphatic rings. The summed E-state index contributed by atoms with van der Waals surface area (Å²) in [6, 6.07) is 7.15. The molecule has 0 aliphatic carbocycles. The molecule has 0 bridgehead atoms. The summed E-state index contributed by atoms with van der Waals surface area (Å²) in [6.45, 7) is 5.11. The van der Waals surface area contributed by atoms with Crippen LogP contribution in [0.25, 0.3) is 0 Å². The van der Waals surface area contributed by atoms with Gasteiger partial charge in [-0.3, -0.25) is 14.5 Å². The zero-order chi connectivity index (χ0) is 14.8. The largest absolute Gasteiger partial charge is 0.496 e. The quantitative estimate of drug-likeness (QED) is 0.836. The molecule has 0 aromatic heterocycles. The van der Waals surface area contributed by atoms with Crippen molar-refractivity contribution in [2.24, 2.45) is 0 Å². The molecular weight excluding hydrogens is 256 g/mol. The van der Waals surface area contributed by atoms with Crippen molar-refractivity contribution in [3.63, 3.8) is 0 Å². The maximum atomic E-state index is 12.4. The van der Waals surface area contributed by atoms with Crippen molar-refractivity contribution in [2.75, 3.05) is 26.7 Å². The van der Waals surface area contributed by atoms with E-state index in [0.717, 1.165) is 0 Å². The van der Waals surface area contributed by atoms with Gasteiger partial charge in [-0.2, -0.15) is 0 Å². The Morgan fingerprint density at radius 2 is 2.10 bits per heavy atom. The minimum Gasteiger partial charge on any atom is -0.496 e. The van der Waals surface area contributed by atoms with Crippen molar-refractivity contribution in [1.82, 2.24) is 10.2 Å². The zero-order valence-electron chi connectivity index (χ0n) is 12.1. The maximum Gasteiger partial charge on any atom is 0.240 e. The summed E-state index contributed by atoms with van der Waals surface area (Å²) >= 11 is 0. The van der Waals surface area contributed by atoms with Crippen molar-refractivity contribution in [1.29, 1.82) is 0 Å². The fourth-order valence-corrected chi connectivity index (χ4v) is 2.35. The van der Waals surface area contributed by atoms with Crippen LogP contribution in [-0.2, 0) is 4.79 Å². The molecule has 0 atom stereocenters. The van der Waals surface area contributed by atoms with Gasteiger partial charge in [-0.15, -0.1) is 0 Å². The fraction of sp³-hybridized carbons (Fsp3) is 0.467. The minimum atomic E-state index is -0.671. The van der Waals surface area contributed by atoms with Gasteiger partial charge in [-0.05, 0) is 26.0 Å². The van der Waals surface area contributed by atoms with Gasteiger partial charge in [0, 0.05) is 13.1 Å². The van der Waals surface area contributed by atoms with Gasteiger partial charge >= 0.3 is 0 Å². The molecule has 0 unspecified atom stereocenters. The number of hydrogen-bond donors (Lipinski definition) is 1. The number of nitrogens with one attached hydrogen (secondary N) is 1. The topological polar surface area (TPSA) is 58.6 Å². The molecule has 0 saturated carbocycles. The number of methoxy groups -OCH3 is 1. The average molecular weight is 276 g/mol. The Hall–Kier alpha value is -1.88. The van der Waals surface area contributed by atoms with Gasteiger partial charge in [-0.25, -0.2) is 0 Å². The molecule has 1 aromatic carbocycles. The van der Waals surface area contributed by atoms with Crippen LogP contribution in [0.2, 0.25) is 0 Å². The number of Topliss-reactive ketones (excluding diaryl/α,β-unsaturated/α-hetero) is 1. The van der Waals surface area contributed by atoms with Gasteiger partial charge in [0.15, 0.2) is 5.78 Å². The van der Waals surface area contributed by atoms with Crippen molar-refractivity contribution >= 4 is 11.7 Å². The van der Waals surface area contributed by atoms with Gasteiger partial charge in [0.25, 0.3) is 0 Å². The maximum absolute atomic E-state index is 12.4. The van der Waals surface area contributed by atoms with Crippen LogP contribution in [0.3, 0.4) is 0 Å². The summed E-state index contributed by atoms with van der Waals surface area (Å²) in [5.41, 5.74) is -0.118. The standard InChI is InChI=1S/C15H20N2O3/c1-15(2)14(19)16-8-9-17(15)10-12(18)11-6-4-5-7-13(11)20-3/h4-7H,8-10H2,1-3H3,(H,16,19). The number of ketones is 1. The number of amides is 1. The van der Waals surface area contributed by atoms with Gasteiger partial charge in [0.05, 0.1) is 24.8 Å². The van der Waals surface area contributed by atoms with Crippen LogP contribution in [0.5, 0.6) is 5.75 Å². The van der Waals surface area contributed by atoms with Crippen molar-refractivity contribution in [3.8, 4) is 5.75 Å². The highest BCUT2D eigenvalue weighted by atomic mass is 16.5. The molecule has 1 amide bonds. The van der Waals surface area contributed by atoms with E-state index in [2.05, 4.69) is 5.32 Å². The minimum absolute atomic E-state index is 0.0368. The van der Waals surface area contributed by atoms with E-state index in [0.29, 0.717) is 24.4 Å². The third-order valence-corrected chi connectivity index (χ3v) is 3.76. The Kier molecular flexibility index (Phi) is 4.09. The highest BCUT2D eigenvalue weighted by Crippen LogP contribution is 2.22. The SMILES string of the molecule is COc1ccccc1C(=O)CN1CCNC(=O)C1(C)C. The first-order valence-corrected chi connectivity index (χ1v) is 6.66. The van der Waals surface area contributed by atoms with Gasteiger partial charge in [0.1, 0.15) is 5.75 Å². The first-order valence-electron chi connectivity index (χ1n) is 6.66. The molecule has 1 saturated heterocycles. The number of benzene rings is 1. The molecule has 1 aromatic rings. The third kappa shape index (κ3) is 2.67. The second-order valence-electron chi connectivity index (χ2n) is 5.36. The van der Waals surface area contributed by atoms with Crippen LogP contribution in [0.15, 0.2) is 24.3 Å². The van der Waals surface area contributed by atoms with Crippen molar-refractivity contribution < 1.29 is 14.3 Å². The number of hydrogen-bond acceptors (Lipinski definition) is 4. The van der Waals surface area contributed by atoms with Crippen LogP contribution in [-0.4, -0.2) is 48.9 Å². The lowest BCUT2D eigenvalue weighted by molar-refractivity contribution is -0.134. The average Bonchev–Trinajstić information content (AvgIpc) is 2.44. The number of carbonyl (C=O) groups excluding carboxylic acids is 2. The summed E-state index contributed by atoms with van der Waals surface area (Å²) < 4.78 is 5.21. The molecule has 2 rings (SSSR count). The van der Waals surface area contributed by atoms with E-state index in [9.17, 15) is 9.59 Å². The molecule has 0 radical (unpaired) electrons. The summed E-state index contributed by atoms with van der Waals surface area (Å²) in [5.74, 6) is 0.485. The highest BCUT2D eigenvalue weighted by Gasteiger charge is 2.38. The van der Waals surface area contributed by atoms with E-state index < -0.39 is 5.54 Å². The Morgan fingerprint density at radius 1 is 1.40 bits per heavy atom. The van der Waals surface area contributed by atoms with E-state index in [4.69, 9.17) is 4.74 Å². The Bertz CT molecular complexity index is 526. The molecule has 20 heavy (non-hydrogen) atoms. The smallest absolute Gasteiger partial charge is 0.240 e. The second kappa shape index (κ2) is 5.63. The Morgan fingerprint density at radius 3 is 2.80 bits per heavy atom.